The summed E-state index contributed by atoms with van der Waals surface area (Å²) in [4.78, 5) is 0. The van der Waals surface area contributed by atoms with Crippen molar-refractivity contribution in [2.75, 3.05) is 13.2 Å². The highest BCUT2D eigenvalue weighted by Crippen LogP contribution is 2.19. The van der Waals surface area contributed by atoms with Crippen molar-refractivity contribution >= 4 is 0 Å². The van der Waals surface area contributed by atoms with Crippen LogP contribution in [0.4, 0.5) is 0 Å². The summed E-state index contributed by atoms with van der Waals surface area (Å²) in [5.41, 5.74) is 0. The van der Waals surface area contributed by atoms with Crippen LogP contribution in [0.15, 0.2) is 0 Å². The standard InChI is InChI=1S/C21H44O/c1-4-7-10-12-15-18-21(17-14-9-6-3)20-22-19-16-13-11-8-5-2/h21H,4-20H2,1-3H3. The van der Waals surface area contributed by atoms with Crippen LogP contribution >= 0.6 is 0 Å². The molecule has 1 unspecified atom stereocenters. The van der Waals surface area contributed by atoms with Gasteiger partial charge in [-0.3, -0.25) is 0 Å². The molecule has 134 valence electrons. The first-order valence-corrected chi connectivity index (χ1v) is 10.4. The summed E-state index contributed by atoms with van der Waals surface area (Å²) in [7, 11) is 0. The summed E-state index contributed by atoms with van der Waals surface area (Å²) >= 11 is 0. The van der Waals surface area contributed by atoms with E-state index in [4.69, 9.17) is 4.74 Å². The first-order chi connectivity index (χ1) is 10.8. The Morgan fingerprint density at radius 3 is 1.59 bits per heavy atom. The Labute approximate surface area is 141 Å². The molecule has 0 aromatic heterocycles. The van der Waals surface area contributed by atoms with Crippen molar-refractivity contribution in [3.8, 4) is 0 Å². The van der Waals surface area contributed by atoms with Crippen LogP contribution in [0.5, 0.6) is 0 Å². The van der Waals surface area contributed by atoms with Crippen LogP contribution in [-0.4, -0.2) is 13.2 Å². The minimum atomic E-state index is 0.823. The average Bonchev–Trinajstić information content (AvgIpc) is 2.53. The van der Waals surface area contributed by atoms with E-state index in [1.165, 1.54) is 96.3 Å². The smallest absolute Gasteiger partial charge is 0.0494 e. The van der Waals surface area contributed by atoms with Crippen molar-refractivity contribution in [2.24, 2.45) is 5.92 Å². The maximum Gasteiger partial charge on any atom is 0.0494 e. The number of unbranched alkanes of at least 4 members (excludes halogenated alkanes) is 10. The Morgan fingerprint density at radius 2 is 1.00 bits per heavy atom. The molecular weight excluding hydrogens is 268 g/mol. The molecule has 0 heterocycles. The van der Waals surface area contributed by atoms with Gasteiger partial charge in [0.05, 0.1) is 0 Å². The van der Waals surface area contributed by atoms with Gasteiger partial charge in [-0.25, -0.2) is 0 Å². The zero-order valence-electron chi connectivity index (χ0n) is 16.0. The number of hydrogen-bond acceptors (Lipinski definition) is 1. The van der Waals surface area contributed by atoms with Gasteiger partial charge < -0.3 is 4.74 Å². The minimum Gasteiger partial charge on any atom is -0.381 e. The third kappa shape index (κ3) is 16.3. The van der Waals surface area contributed by atoms with Gasteiger partial charge in [-0.1, -0.05) is 97.8 Å². The van der Waals surface area contributed by atoms with Crippen LogP contribution in [0, 0.1) is 5.92 Å². The molecule has 0 fully saturated rings. The minimum absolute atomic E-state index is 0.823. The molecule has 1 atom stereocenters. The van der Waals surface area contributed by atoms with Crippen LogP contribution < -0.4 is 0 Å². The molecule has 0 aromatic carbocycles. The van der Waals surface area contributed by atoms with Crippen molar-refractivity contribution in [1.29, 1.82) is 0 Å². The SMILES string of the molecule is CCCCCCCOCC(CCCCC)CCCCCCC. The molecule has 0 N–H and O–H groups in total. The second kappa shape index (κ2) is 19.0. The number of rotatable bonds is 18. The maximum atomic E-state index is 5.98. The van der Waals surface area contributed by atoms with Gasteiger partial charge in [-0.15, -0.1) is 0 Å². The van der Waals surface area contributed by atoms with Gasteiger partial charge in [0, 0.05) is 13.2 Å². The van der Waals surface area contributed by atoms with E-state index < -0.39 is 0 Å². The Bertz CT molecular complexity index is 190. The van der Waals surface area contributed by atoms with Crippen LogP contribution in [-0.2, 0) is 4.74 Å². The van der Waals surface area contributed by atoms with Crippen molar-refractivity contribution in [3.05, 3.63) is 0 Å². The van der Waals surface area contributed by atoms with Gasteiger partial charge in [0.2, 0.25) is 0 Å². The maximum absolute atomic E-state index is 5.98. The van der Waals surface area contributed by atoms with Crippen LogP contribution in [0.2, 0.25) is 0 Å². The predicted molar refractivity (Wildman–Crippen MR) is 101 cm³/mol. The van der Waals surface area contributed by atoms with E-state index >= 15 is 0 Å². The van der Waals surface area contributed by atoms with E-state index in [0.717, 1.165) is 19.1 Å². The highest BCUT2D eigenvalue weighted by atomic mass is 16.5. The summed E-state index contributed by atoms with van der Waals surface area (Å²) in [5, 5.41) is 0. The Kier molecular flexibility index (Phi) is 19.0. The first-order valence-electron chi connectivity index (χ1n) is 10.4. The molecule has 0 radical (unpaired) electrons. The molecule has 0 saturated carbocycles. The second-order valence-corrected chi connectivity index (χ2v) is 7.05. The predicted octanol–water partition coefficient (Wildman–Crippen LogP) is 7.53. The second-order valence-electron chi connectivity index (χ2n) is 7.05. The van der Waals surface area contributed by atoms with E-state index in [2.05, 4.69) is 20.8 Å². The third-order valence-electron chi connectivity index (χ3n) is 4.68. The van der Waals surface area contributed by atoms with E-state index in [9.17, 15) is 0 Å². The molecule has 0 aliphatic heterocycles. The van der Waals surface area contributed by atoms with Crippen LogP contribution in [0.1, 0.15) is 117 Å². The Balaban J connectivity index is 3.63. The van der Waals surface area contributed by atoms with Crippen molar-refractivity contribution in [3.63, 3.8) is 0 Å². The molecule has 0 spiro atoms. The molecule has 1 heteroatoms. The summed E-state index contributed by atoms with van der Waals surface area (Å²) in [6.45, 7) is 8.88. The highest BCUT2D eigenvalue weighted by Gasteiger charge is 2.08. The van der Waals surface area contributed by atoms with E-state index in [-0.39, 0.29) is 0 Å². The van der Waals surface area contributed by atoms with E-state index in [1.807, 2.05) is 0 Å². The summed E-state index contributed by atoms with van der Waals surface area (Å²) in [6, 6.07) is 0. The molecule has 0 rings (SSSR count). The lowest BCUT2D eigenvalue weighted by Gasteiger charge is -2.17. The lowest BCUT2D eigenvalue weighted by Crippen LogP contribution is -2.11. The fourth-order valence-electron chi connectivity index (χ4n) is 3.09. The van der Waals surface area contributed by atoms with Gasteiger partial charge in [0.1, 0.15) is 0 Å². The Morgan fingerprint density at radius 1 is 0.545 bits per heavy atom. The van der Waals surface area contributed by atoms with Gasteiger partial charge in [-0.2, -0.15) is 0 Å². The van der Waals surface area contributed by atoms with Gasteiger partial charge in [0.25, 0.3) is 0 Å². The zero-order chi connectivity index (χ0) is 16.3. The van der Waals surface area contributed by atoms with Crippen molar-refractivity contribution in [2.45, 2.75) is 117 Å². The first kappa shape index (κ1) is 22.0. The molecule has 0 aromatic rings. The van der Waals surface area contributed by atoms with Crippen molar-refractivity contribution in [1.82, 2.24) is 0 Å². The highest BCUT2D eigenvalue weighted by molar-refractivity contribution is 4.60. The molecule has 22 heavy (non-hydrogen) atoms. The molecule has 0 saturated heterocycles. The molecular formula is C21H44O. The fourth-order valence-corrected chi connectivity index (χ4v) is 3.09. The molecule has 0 bridgehead atoms. The quantitative estimate of drug-likeness (QED) is 0.238. The normalized spacial score (nSPS) is 12.7. The van der Waals surface area contributed by atoms with Crippen molar-refractivity contribution < 1.29 is 4.74 Å². The molecule has 1 nitrogen and oxygen atoms in total. The van der Waals surface area contributed by atoms with Crippen LogP contribution in [0.3, 0.4) is 0 Å². The van der Waals surface area contributed by atoms with Gasteiger partial charge in [-0.05, 0) is 25.2 Å². The average molecular weight is 313 g/mol. The van der Waals surface area contributed by atoms with Gasteiger partial charge >= 0.3 is 0 Å². The largest absolute Gasteiger partial charge is 0.381 e. The lowest BCUT2D eigenvalue weighted by atomic mass is 9.95. The number of hydrogen-bond donors (Lipinski definition) is 0. The summed E-state index contributed by atoms with van der Waals surface area (Å²) in [5.74, 6) is 0.823. The zero-order valence-corrected chi connectivity index (χ0v) is 16.0. The van der Waals surface area contributed by atoms with E-state index in [0.29, 0.717) is 0 Å². The lowest BCUT2D eigenvalue weighted by molar-refractivity contribution is 0.0879. The summed E-state index contributed by atoms with van der Waals surface area (Å²) < 4.78 is 5.98. The van der Waals surface area contributed by atoms with Gasteiger partial charge in [0.15, 0.2) is 0 Å². The summed E-state index contributed by atoms with van der Waals surface area (Å²) in [6.07, 6.45) is 20.6. The number of ether oxygens (including phenoxy) is 1. The molecule has 0 aliphatic carbocycles. The molecule has 0 aliphatic rings. The van der Waals surface area contributed by atoms with Crippen LogP contribution in [0.25, 0.3) is 0 Å². The fraction of sp³-hybridized carbons (Fsp3) is 1.00. The monoisotopic (exact) mass is 312 g/mol. The Hall–Kier alpha value is -0.0400. The molecule has 0 amide bonds. The third-order valence-corrected chi connectivity index (χ3v) is 4.68. The topological polar surface area (TPSA) is 9.23 Å². The van der Waals surface area contributed by atoms with E-state index in [1.54, 1.807) is 0 Å².